The van der Waals surface area contributed by atoms with E-state index in [9.17, 15) is 0 Å². The van der Waals surface area contributed by atoms with E-state index in [1.807, 2.05) is 0 Å². The molecule has 0 amide bonds. The molecule has 0 bridgehead atoms. The maximum atomic E-state index is 5.94. The van der Waals surface area contributed by atoms with Crippen molar-refractivity contribution >= 4 is 0 Å². The number of hydrogen-bond donors (Lipinski definition) is 1. The summed E-state index contributed by atoms with van der Waals surface area (Å²) in [7, 11) is 0. The Morgan fingerprint density at radius 3 is 2.79 bits per heavy atom. The summed E-state index contributed by atoms with van der Waals surface area (Å²) >= 11 is 0. The highest BCUT2D eigenvalue weighted by atomic mass is 15.1. The van der Waals surface area contributed by atoms with Gasteiger partial charge in [0.1, 0.15) is 0 Å². The van der Waals surface area contributed by atoms with Crippen LogP contribution < -0.4 is 5.73 Å². The molecule has 1 aliphatic carbocycles. The molecule has 2 rings (SSSR count). The quantitative estimate of drug-likeness (QED) is 0.730. The maximum absolute atomic E-state index is 5.94. The van der Waals surface area contributed by atoms with E-state index in [0.29, 0.717) is 6.04 Å². The molecule has 0 spiro atoms. The Kier molecular flexibility index (Phi) is 3.45. The second kappa shape index (κ2) is 4.63. The van der Waals surface area contributed by atoms with Gasteiger partial charge in [-0.05, 0) is 50.5 Å². The first-order valence-corrected chi connectivity index (χ1v) is 6.22. The zero-order valence-electron chi connectivity index (χ0n) is 9.41. The number of nitrogens with two attached hydrogens (primary N) is 1. The van der Waals surface area contributed by atoms with Gasteiger partial charge in [0, 0.05) is 19.1 Å². The van der Waals surface area contributed by atoms with E-state index in [2.05, 4.69) is 11.8 Å². The Morgan fingerprint density at radius 2 is 2.14 bits per heavy atom. The van der Waals surface area contributed by atoms with E-state index >= 15 is 0 Å². The van der Waals surface area contributed by atoms with E-state index in [0.717, 1.165) is 11.8 Å². The summed E-state index contributed by atoms with van der Waals surface area (Å²) in [5.74, 6) is 1.81. The smallest absolute Gasteiger partial charge is 0.00420 e. The van der Waals surface area contributed by atoms with Crippen LogP contribution in [-0.2, 0) is 0 Å². The highest BCUT2D eigenvalue weighted by Gasteiger charge is 2.25. The van der Waals surface area contributed by atoms with Gasteiger partial charge < -0.3 is 10.6 Å². The van der Waals surface area contributed by atoms with E-state index < -0.39 is 0 Å². The van der Waals surface area contributed by atoms with Crippen LogP contribution in [0.2, 0.25) is 0 Å². The largest absolute Gasteiger partial charge is 0.328 e. The molecule has 1 heterocycles. The Balaban J connectivity index is 1.74. The van der Waals surface area contributed by atoms with Gasteiger partial charge in [-0.1, -0.05) is 6.92 Å². The lowest BCUT2D eigenvalue weighted by atomic mass is 9.98. The van der Waals surface area contributed by atoms with E-state index in [1.165, 1.54) is 51.7 Å². The molecule has 2 heteroatoms. The zero-order chi connectivity index (χ0) is 9.97. The predicted octanol–water partition coefficient (Wildman–Crippen LogP) is 1.85. The standard InChI is InChI=1S/C12H24N2/c1-10-3-2-6-14(8-10)9-11-4-5-12(13)7-11/h10-12H,2-9,13H2,1H3/t10?,11?,12-/m1/s1. The van der Waals surface area contributed by atoms with Crippen molar-refractivity contribution in [2.75, 3.05) is 19.6 Å². The first-order valence-electron chi connectivity index (χ1n) is 6.22. The van der Waals surface area contributed by atoms with Gasteiger partial charge in [-0.25, -0.2) is 0 Å². The molecule has 0 aromatic heterocycles. The molecular weight excluding hydrogens is 172 g/mol. The normalized spacial score (nSPS) is 40.3. The molecule has 0 aromatic rings. The molecule has 2 aliphatic rings. The predicted molar refractivity (Wildman–Crippen MR) is 60.2 cm³/mol. The fourth-order valence-corrected chi connectivity index (χ4v) is 3.10. The second-order valence-corrected chi connectivity index (χ2v) is 5.45. The number of likely N-dealkylation sites (tertiary alicyclic amines) is 1. The minimum atomic E-state index is 0.502. The third kappa shape index (κ3) is 2.71. The second-order valence-electron chi connectivity index (χ2n) is 5.45. The summed E-state index contributed by atoms with van der Waals surface area (Å²) in [6.07, 6.45) is 6.73. The van der Waals surface area contributed by atoms with Crippen LogP contribution in [0.3, 0.4) is 0 Å². The number of piperidine rings is 1. The fourth-order valence-electron chi connectivity index (χ4n) is 3.10. The third-order valence-corrected chi connectivity index (χ3v) is 3.84. The van der Waals surface area contributed by atoms with Gasteiger partial charge in [0.15, 0.2) is 0 Å². The van der Waals surface area contributed by atoms with Gasteiger partial charge in [0.25, 0.3) is 0 Å². The molecule has 3 atom stereocenters. The van der Waals surface area contributed by atoms with Crippen LogP contribution >= 0.6 is 0 Å². The number of nitrogens with zero attached hydrogens (tertiary/aromatic N) is 1. The molecular formula is C12H24N2. The summed E-state index contributed by atoms with van der Waals surface area (Å²) in [4.78, 5) is 2.66. The molecule has 82 valence electrons. The third-order valence-electron chi connectivity index (χ3n) is 3.84. The van der Waals surface area contributed by atoms with Crippen LogP contribution in [0.15, 0.2) is 0 Å². The molecule has 14 heavy (non-hydrogen) atoms. The molecule has 1 saturated heterocycles. The Morgan fingerprint density at radius 1 is 1.29 bits per heavy atom. The van der Waals surface area contributed by atoms with Crippen molar-refractivity contribution in [3.63, 3.8) is 0 Å². The van der Waals surface area contributed by atoms with Crippen molar-refractivity contribution in [2.45, 2.75) is 45.1 Å². The first-order chi connectivity index (χ1) is 6.74. The van der Waals surface area contributed by atoms with Gasteiger partial charge in [-0.15, -0.1) is 0 Å². The van der Waals surface area contributed by atoms with Crippen LogP contribution in [0.5, 0.6) is 0 Å². The Labute approximate surface area is 87.8 Å². The van der Waals surface area contributed by atoms with Gasteiger partial charge in [0.05, 0.1) is 0 Å². The molecule has 2 nitrogen and oxygen atoms in total. The molecule has 1 saturated carbocycles. The van der Waals surface area contributed by atoms with Gasteiger partial charge in [-0.2, -0.15) is 0 Å². The highest BCUT2D eigenvalue weighted by molar-refractivity contribution is 4.81. The van der Waals surface area contributed by atoms with Gasteiger partial charge >= 0.3 is 0 Å². The fraction of sp³-hybridized carbons (Fsp3) is 1.00. The summed E-state index contributed by atoms with van der Waals surface area (Å²) in [5, 5.41) is 0. The van der Waals surface area contributed by atoms with Crippen molar-refractivity contribution in [1.82, 2.24) is 4.90 Å². The molecule has 0 radical (unpaired) electrons. The summed E-state index contributed by atoms with van der Waals surface area (Å²) in [6, 6.07) is 0.502. The molecule has 2 fully saturated rings. The van der Waals surface area contributed by atoms with Crippen LogP contribution in [0.4, 0.5) is 0 Å². The average Bonchev–Trinajstić information content (AvgIpc) is 2.51. The lowest BCUT2D eigenvalue weighted by molar-refractivity contribution is 0.159. The van der Waals surface area contributed by atoms with E-state index in [4.69, 9.17) is 5.73 Å². The average molecular weight is 196 g/mol. The van der Waals surface area contributed by atoms with Gasteiger partial charge in [-0.3, -0.25) is 0 Å². The van der Waals surface area contributed by atoms with Crippen LogP contribution in [-0.4, -0.2) is 30.6 Å². The summed E-state index contributed by atoms with van der Waals surface area (Å²) < 4.78 is 0. The Bertz CT molecular complexity index is 181. The molecule has 0 aromatic carbocycles. The minimum Gasteiger partial charge on any atom is -0.328 e. The molecule has 2 unspecified atom stereocenters. The van der Waals surface area contributed by atoms with E-state index in [-0.39, 0.29) is 0 Å². The molecule has 1 aliphatic heterocycles. The van der Waals surface area contributed by atoms with E-state index in [1.54, 1.807) is 0 Å². The molecule has 2 N–H and O–H groups in total. The summed E-state index contributed by atoms with van der Waals surface area (Å²) in [6.45, 7) is 6.35. The SMILES string of the molecule is CC1CCCN(CC2CC[C@@H](N)C2)C1. The van der Waals surface area contributed by atoms with Crippen molar-refractivity contribution in [2.24, 2.45) is 17.6 Å². The van der Waals surface area contributed by atoms with Crippen molar-refractivity contribution < 1.29 is 0 Å². The first kappa shape index (κ1) is 10.4. The maximum Gasteiger partial charge on any atom is 0.00420 e. The highest BCUT2D eigenvalue weighted by Crippen LogP contribution is 2.26. The zero-order valence-corrected chi connectivity index (χ0v) is 9.41. The monoisotopic (exact) mass is 196 g/mol. The van der Waals surface area contributed by atoms with Gasteiger partial charge in [0.2, 0.25) is 0 Å². The minimum absolute atomic E-state index is 0.502. The number of hydrogen-bond acceptors (Lipinski definition) is 2. The number of rotatable bonds is 2. The Hall–Kier alpha value is -0.0800. The van der Waals surface area contributed by atoms with Crippen molar-refractivity contribution in [3.8, 4) is 0 Å². The topological polar surface area (TPSA) is 29.3 Å². The van der Waals surface area contributed by atoms with Crippen LogP contribution in [0, 0.1) is 11.8 Å². The van der Waals surface area contributed by atoms with Crippen molar-refractivity contribution in [1.29, 1.82) is 0 Å². The lowest BCUT2D eigenvalue weighted by Gasteiger charge is -2.32. The summed E-state index contributed by atoms with van der Waals surface area (Å²) in [5.41, 5.74) is 5.94. The van der Waals surface area contributed by atoms with Crippen LogP contribution in [0.1, 0.15) is 39.0 Å². The lowest BCUT2D eigenvalue weighted by Crippen LogP contribution is -2.37. The van der Waals surface area contributed by atoms with Crippen LogP contribution in [0.25, 0.3) is 0 Å². The van der Waals surface area contributed by atoms with Crippen molar-refractivity contribution in [3.05, 3.63) is 0 Å².